The molecule has 32 heavy (non-hydrogen) atoms. The van der Waals surface area contributed by atoms with E-state index >= 15 is 0 Å². The van der Waals surface area contributed by atoms with Crippen LogP contribution in [0.5, 0.6) is 0 Å². The van der Waals surface area contributed by atoms with Crippen molar-refractivity contribution < 1.29 is 9.59 Å². The Morgan fingerprint density at radius 3 is 2.47 bits per heavy atom. The van der Waals surface area contributed by atoms with E-state index in [9.17, 15) is 9.59 Å². The first-order valence-corrected chi connectivity index (χ1v) is 10.7. The monoisotopic (exact) mass is 424 g/mol. The molecule has 1 aliphatic rings. The zero-order chi connectivity index (χ0) is 22.2. The van der Waals surface area contributed by atoms with Gasteiger partial charge in [-0.15, -0.1) is 0 Å². The molecule has 0 aliphatic carbocycles. The fraction of sp³-hybridized carbons (Fsp3) is 0.192. The largest absolute Gasteiger partial charge is 0.370 e. The molecule has 160 valence electrons. The number of carbonyl (C=O) groups is 2. The van der Waals surface area contributed by atoms with Gasteiger partial charge in [0.05, 0.1) is 35.7 Å². The van der Waals surface area contributed by atoms with E-state index in [4.69, 9.17) is 0 Å². The van der Waals surface area contributed by atoms with Crippen LogP contribution in [0.3, 0.4) is 0 Å². The number of hydrogen-bond donors (Lipinski definition) is 1. The summed E-state index contributed by atoms with van der Waals surface area (Å²) in [5, 5.41) is 9.86. The average Bonchev–Trinajstić information content (AvgIpc) is 3.23. The highest BCUT2D eigenvalue weighted by Crippen LogP contribution is 2.32. The van der Waals surface area contributed by atoms with Gasteiger partial charge in [-0.1, -0.05) is 66.7 Å². The molecule has 0 saturated carbocycles. The first-order valence-electron chi connectivity index (χ1n) is 10.7. The first-order chi connectivity index (χ1) is 15.5. The average molecular weight is 425 g/mol. The number of benzene rings is 3. The van der Waals surface area contributed by atoms with E-state index < -0.39 is 6.04 Å². The van der Waals surface area contributed by atoms with Crippen LogP contribution in [0.4, 0.5) is 11.4 Å². The van der Waals surface area contributed by atoms with Crippen LogP contribution in [0.2, 0.25) is 0 Å². The van der Waals surface area contributed by atoms with E-state index in [-0.39, 0.29) is 18.2 Å². The van der Waals surface area contributed by atoms with E-state index in [1.54, 1.807) is 0 Å². The molecule has 0 radical (unpaired) electrons. The summed E-state index contributed by atoms with van der Waals surface area (Å²) in [5.74, 6) is -0.434. The predicted octanol–water partition coefficient (Wildman–Crippen LogP) is 4.45. The van der Waals surface area contributed by atoms with Crippen LogP contribution in [0.25, 0.3) is 10.8 Å². The first kappa shape index (κ1) is 20.0. The highest BCUT2D eigenvalue weighted by atomic mass is 16.2. The lowest BCUT2D eigenvalue weighted by Crippen LogP contribution is -2.35. The number of nitrogens with one attached hydrogen (secondary N) is 1. The Morgan fingerprint density at radius 1 is 0.938 bits per heavy atom. The number of amides is 2. The van der Waals surface area contributed by atoms with Gasteiger partial charge in [-0.2, -0.15) is 5.10 Å². The van der Waals surface area contributed by atoms with Crippen molar-refractivity contribution in [2.75, 3.05) is 10.2 Å². The molecule has 1 aliphatic heterocycles. The number of aromatic nitrogens is 2. The van der Waals surface area contributed by atoms with Gasteiger partial charge in [-0.25, -0.2) is 4.90 Å². The van der Waals surface area contributed by atoms with Gasteiger partial charge in [0, 0.05) is 5.39 Å². The Kier molecular flexibility index (Phi) is 4.98. The third-order valence-corrected chi connectivity index (χ3v) is 6.03. The summed E-state index contributed by atoms with van der Waals surface area (Å²) in [4.78, 5) is 27.5. The van der Waals surface area contributed by atoms with Crippen molar-refractivity contribution in [2.45, 2.75) is 32.9 Å². The normalized spacial score (nSPS) is 16.2. The van der Waals surface area contributed by atoms with Crippen LogP contribution >= 0.6 is 0 Å². The minimum Gasteiger partial charge on any atom is -0.370 e. The topological polar surface area (TPSA) is 67.2 Å². The molecule has 0 bridgehead atoms. The van der Waals surface area contributed by atoms with Gasteiger partial charge in [0.2, 0.25) is 5.91 Å². The van der Waals surface area contributed by atoms with Gasteiger partial charge in [-0.05, 0) is 30.9 Å². The Balaban J connectivity index is 1.41. The number of aryl methyl sites for hydroxylation is 1. The third kappa shape index (κ3) is 3.43. The second kappa shape index (κ2) is 7.96. The standard InChI is InChI=1S/C26H24N4O2/c1-17-25(18(2)29(28-17)16-19-9-4-3-5-10-19)27-22-15-24(31)30(26(22)32)23-14-8-12-20-11-6-7-13-21(20)23/h3-14,22,27H,15-16H2,1-2H3/t22-/m1/s1. The van der Waals surface area contributed by atoms with Crippen molar-refractivity contribution in [3.63, 3.8) is 0 Å². The number of nitrogens with zero attached hydrogens (tertiary/aromatic N) is 3. The Hall–Kier alpha value is -3.93. The molecule has 1 fully saturated rings. The van der Waals surface area contributed by atoms with E-state index in [0.29, 0.717) is 12.2 Å². The van der Waals surface area contributed by atoms with Crippen LogP contribution in [-0.4, -0.2) is 27.6 Å². The maximum absolute atomic E-state index is 13.3. The molecular weight excluding hydrogens is 400 g/mol. The fourth-order valence-corrected chi connectivity index (χ4v) is 4.39. The molecule has 1 atom stereocenters. The summed E-state index contributed by atoms with van der Waals surface area (Å²) in [6, 6.07) is 23.0. The molecule has 5 rings (SSSR count). The molecule has 4 aromatic rings. The molecule has 3 aromatic carbocycles. The summed E-state index contributed by atoms with van der Waals surface area (Å²) in [5.41, 5.74) is 4.35. The van der Waals surface area contributed by atoms with Gasteiger partial charge in [0.15, 0.2) is 0 Å². The fourth-order valence-electron chi connectivity index (χ4n) is 4.39. The quantitative estimate of drug-likeness (QED) is 0.481. The number of carbonyl (C=O) groups excluding carboxylic acids is 2. The highest BCUT2D eigenvalue weighted by Gasteiger charge is 2.40. The lowest BCUT2D eigenvalue weighted by atomic mass is 10.1. The lowest BCUT2D eigenvalue weighted by molar-refractivity contribution is -0.121. The van der Waals surface area contributed by atoms with E-state index in [1.807, 2.05) is 79.2 Å². The van der Waals surface area contributed by atoms with Crippen molar-refractivity contribution in [3.05, 3.63) is 89.7 Å². The SMILES string of the molecule is Cc1nn(Cc2ccccc2)c(C)c1N[C@@H]1CC(=O)N(c2cccc3ccccc23)C1=O. The molecule has 0 spiro atoms. The third-order valence-electron chi connectivity index (χ3n) is 6.03. The van der Waals surface area contributed by atoms with Crippen molar-refractivity contribution in [3.8, 4) is 0 Å². The van der Waals surface area contributed by atoms with E-state index in [1.165, 1.54) is 4.90 Å². The van der Waals surface area contributed by atoms with Crippen molar-refractivity contribution in [1.82, 2.24) is 9.78 Å². The molecule has 0 unspecified atom stereocenters. The highest BCUT2D eigenvalue weighted by molar-refractivity contribution is 6.25. The Morgan fingerprint density at radius 2 is 1.66 bits per heavy atom. The minimum absolute atomic E-state index is 0.116. The van der Waals surface area contributed by atoms with Crippen molar-refractivity contribution in [2.24, 2.45) is 0 Å². The van der Waals surface area contributed by atoms with Gasteiger partial charge >= 0.3 is 0 Å². The molecular formula is C26H24N4O2. The number of hydrogen-bond acceptors (Lipinski definition) is 4. The smallest absolute Gasteiger partial charge is 0.256 e. The van der Waals surface area contributed by atoms with E-state index in [0.717, 1.165) is 33.4 Å². The van der Waals surface area contributed by atoms with Crippen LogP contribution in [-0.2, 0) is 16.1 Å². The zero-order valence-electron chi connectivity index (χ0n) is 18.1. The number of imide groups is 1. The number of rotatable bonds is 5. The molecule has 2 amide bonds. The predicted molar refractivity (Wildman–Crippen MR) is 126 cm³/mol. The van der Waals surface area contributed by atoms with Crippen LogP contribution in [0.15, 0.2) is 72.8 Å². The van der Waals surface area contributed by atoms with Gasteiger partial charge < -0.3 is 5.32 Å². The summed E-state index contributed by atoms with van der Waals surface area (Å²) in [6.07, 6.45) is 0.116. The minimum atomic E-state index is -0.617. The second-order valence-corrected chi connectivity index (χ2v) is 8.16. The van der Waals surface area contributed by atoms with Crippen LogP contribution in [0, 0.1) is 13.8 Å². The molecule has 6 nitrogen and oxygen atoms in total. The maximum Gasteiger partial charge on any atom is 0.256 e. The van der Waals surface area contributed by atoms with Crippen LogP contribution < -0.4 is 10.2 Å². The summed E-state index contributed by atoms with van der Waals surface area (Å²) in [6.45, 7) is 4.55. The van der Waals surface area contributed by atoms with Crippen LogP contribution in [0.1, 0.15) is 23.4 Å². The van der Waals surface area contributed by atoms with Gasteiger partial charge in [0.25, 0.3) is 5.91 Å². The van der Waals surface area contributed by atoms with Crippen molar-refractivity contribution >= 4 is 34.0 Å². The molecule has 1 N–H and O–H groups in total. The molecule has 6 heteroatoms. The summed E-state index contributed by atoms with van der Waals surface area (Å²) < 4.78 is 1.93. The molecule has 2 heterocycles. The summed E-state index contributed by atoms with van der Waals surface area (Å²) >= 11 is 0. The lowest BCUT2D eigenvalue weighted by Gasteiger charge is -2.18. The van der Waals surface area contributed by atoms with Gasteiger partial charge in [-0.3, -0.25) is 14.3 Å². The van der Waals surface area contributed by atoms with Gasteiger partial charge in [0.1, 0.15) is 6.04 Å². The molecule has 1 aromatic heterocycles. The van der Waals surface area contributed by atoms with Crippen molar-refractivity contribution in [1.29, 1.82) is 0 Å². The Labute approximate surface area is 186 Å². The Bertz CT molecular complexity index is 1320. The number of fused-ring (bicyclic) bond motifs is 1. The second-order valence-electron chi connectivity index (χ2n) is 8.16. The van der Waals surface area contributed by atoms with E-state index in [2.05, 4.69) is 22.5 Å². The summed E-state index contributed by atoms with van der Waals surface area (Å²) in [7, 11) is 0. The number of anilines is 2. The maximum atomic E-state index is 13.3. The molecule has 1 saturated heterocycles. The zero-order valence-corrected chi connectivity index (χ0v) is 18.1.